The number of aliphatic hydroxyl groups excluding tert-OH is 1. The largest absolute Gasteiger partial charge is 0.393 e. The SMILES string of the molecule is Cc1cc(F)cc2c3c([nH]c12)CCC(O)C3. The molecule has 0 radical (unpaired) electrons. The Morgan fingerprint density at radius 2 is 2.25 bits per heavy atom. The molecule has 1 aliphatic carbocycles. The number of aryl methyl sites for hydroxylation is 2. The molecular formula is C13H14FNO. The third-order valence-corrected chi connectivity index (χ3v) is 3.43. The molecule has 1 atom stereocenters. The quantitative estimate of drug-likeness (QED) is 0.701. The highest BCUT2D eigenvalue weighted by molar-refractivity contribution is 5.87. The van der Waals surface area contributed by atoms with Gasteiger partial charge in [0.25, 0.3) is 0 Å². The zero-order valence-electron chi connectivity index (χ0n) is 9.18. The van der Waals surface area contributed by atoms with Gasteiger partial charge >= 0.3 is 0 Å². The molecule has 0 saturated heterocycles. The Hall–Kier alpha value is -1.35. The van der Waals surface area contributed by atoms with E-state index in [0.717, 1.165) is 40.6 Å². The van der Waals surface area contributed by atoms with E-state index in [4.69, 9.17) is 0 Å². The van der Waals surface area contributed by atoms with Crippen molar-refractivity contribution in [1.82, 2.24) is 4.98 Å². The molecule has 0 amide bonds. The molecule has 0 spiro atoms. The lowest BCUT2D eigenvalue weighted by molar-refractivity contribution is 0.158. The van der Waals surface area contributed by atoms with Crippen LogP contribution in [0.2, 0.25) is 0 Å². The van der Waals surface area contributed by atoms with E-state index in [-0.39, 0.29) is 11.9 Å². The maximum absolute atomic E-state index is 13.4. The summed E-state index contributed by atoms with van der Waals surface area (Å²) in [5.74, 6) is -0.202. The number of rotatable bonds is 0. The van der Waals surface area contributed by atoms with Crippen LogP contribution in [0.25, 0.3) is 10.9 Å². The van der Waals surface area contributed by atoms with Gasteiger partial charge in [-0.2, -0.15) is 0 Å². The van der Waals surface area contributed by atoms with Gasteiger partial charge in [0.05, 0.1) is 6.10 Å². The summed E-state index contributed by atoms with van der Waals surface area (Å²) in [6.45, 7) is 1.91. The number of H-pyrrole nitrogens is 1. The minimum Gasteiger partial charge on any atom is -0.393 e. The summed E-state index contributed by atoms with van der Waals surface area (Å²) < 4.78 is 13.4. The minimum atomic E-state index is -0.282. The summed E-state index contributed by atoms with van der Waals surface area (Å²) in [5, 5.41) is 10.6. The highest BCUT2D eigenvalue weighted by Crippen LogP contribution is 2.31. The molecule has 3 heteroatoms. The Bertz CT molecular complexity index is 559. The summed E-state index contributed by atoms with van der Waals surface area (Å²) in [6.07, 6.45) is 2.00. The molecule has 2 nitrogen and oxygen atoms in total. The fourth-order valence-corrected chi connectivity index (χ4v) is 2.63. The minimum absolute atomic E-state index is 0.202. The molecule has 2 aromatic rings. The maximum atomic E-state index is 13.4. The van der Waals surface area contributed by atoms with Crippen LogP contribution < -0.4 is 0 Å². The molecule has 0 aliphatic heterocycles. The van der Waals surface area contributed by atoms with Crippen LogP contribution in [0.5, 0.6) is 0 Å². The molecule has 1 aliphatic rings. The molecule has 1 unspecified atom stereocenters. The van der Waals surface area contributed by atoms with Gasteiger partial charge in [0, 0.05) is 23.0 Å². The highest BCUT2D eigenvalue weighted by atomic mass is 19.1. The van der Waals surface area contributed by atoms with E-state index in [1.807, 2.05) is 6.92 Å². The van der Waals surface area contributed by atoms with E-state index >= 15 is 0 Å². The van der Waals surface area contributed by atoms with Crippen LogP contribution in [0.1, 0.15) is 23.2 Å². The highest BCUT2D eigenvalue weighted by Gasteiger charge is 2.21. The topological polar surface area (TPSA) is 36.0 Å². The number of aliphatic hydroxyl groups is 1. The Morgan fingerprint density at radius 1 is 1.44 bits per heavy atom. The summed E-state index contributed by atoms with van der Waals surface area (Å²) in [6, 6.07) is 3.11. The first-order chi connectivity index (χ1) is 7.65. The Morgan fingerprint density at radius 3 is 3.06 bits per heavy atom. The first-order valence-corrected chi connectivity index (χ1v) is 5.63. The molecule has 0 saturated carbocycles. The van der Waals surface area contributed by atoms with Crippen molar-refractivity contribution in [3.63, 3.8) is 0 Å². The number of hydrogen-bond donors (Lipinski definition) is 2. The lowest BCUT2D eigenvalue weighted by Gasteiger charge is -2.17. The van der Waals surface area contributed by atoms with Gasteiger partial charge in [-0.3, -0.25) is 0 Å². The third kappa shape index (κ3) is 1.35. The molecule has 0 fully saturated rings. The molecule has 3 rings (SSSR count). The van der Waals surface area contributed by atoms with E-state index in [1.54, 1.807) is 12.1 Å². The van der Waals surface area contributed by atoms with Gasteiger partial charge in [-0.25, -0.2) is 4.39 Å². The van der Waals surface area contributed by atoms with E-state index in [2.05, 4.69) is 4.98 Å². The van der Waals surface area contributed by atoms with Crippen LogP contribution >= 0.6 is 0 Å². The third-order valence-electron chi connectivity index (χ3n) is 3.43. The lowest BCUT2D eigenvalue weighted by atomic mass is 9.93. The van der Waals surface area contributed by atoms with Gasteiger partial charge in [-0.1, -0.05) is 0 Å². The van der Waals surface area contributed by atoms with Gasteiger partial charge < -0.3 is 10.1 Å². The average Bonchev–Trinajstić information content (AvgIpc) is 2.57. The Balaban J connectivity index is 2.30. The Labute approximate surface area is 93.1 Å². The van der Waals surface area contributed by atoms with Crippen LogP contribution in [-0.2, 0) is 12.8 Å². The van der Waals surface area contributed by atoms with Crippen LogP contribution in [-0.4, -0.2) is 16.2 Å². The van der Waals surface area contributed by atoms with Crippen LogP contribution in [0.4, 0.5) is 4.39 Å². The van der Waals surface area contributed by atoms with E-state index in [9.17, 15) is 9.50 Å². The zero-order chi connectivity index (χ0) is 11.3. The van der Waals surface area contributed by atoms with Crippen molar-refractivity contribution in [2.24, 2.45) is 0 Å². The van der Waals surface area contributed by atoms with E-state index in [1.165, 1.54) is 0 Å². The second kappa shape index (κ2) is 3.32. The van der Waals surface area contributed by atoms with Gasteiger partial charge in [0.1, 0.15) is 5.82 Å². The van der Waals surface area contributed by atoms with E-state index < -0.39 is 0 Å². The van der Waals surface area contributed by atoms with Crippen molar-refractivity contribution in [3.8, 4) is 0 Å². The van der Waals surface area contributed by atoms with Crippen LogP contribution in [0, 0.1) is 12.7 Å². The van der Waals surface area contributed by atoms with Gasteiger partial charge in [-0.15, -0.1) is 0 Å². The maximum Gasteiger partial charge on any atom is 0.124 e. The fourth-order valence-electron chi connectivity index (χ4n) is 2.63. The standard InChI is InChI=1S/C13H14FNO/c1-7-4-8(14)5-11-10-6-9(16)2-3-12(10)15-13(7)11/h4-5,9,15-16H,2-3,6H2,1H3. The fraction of sp³-hybridized carbons (Fsp3) is 0.385. The zero-order valence-corrected chi connectivity index (χ0v) is 9.18. The number of fused-ring (bicyclic) bond motifs is 3. The summed E-state index contributed by atoms with van der Waals surface area (Å²) in [5.41, 5.74) is 4.20. The first kappa shape index (κ1) is 9.85. The lowest BCUT2D eigenvalue weighted by Crippen LogP contribution is -2.17. The van der Waals surface area contributed by atoms with Crippen LogP contribution in [0.3, 0.4) is 0 Å². The number of aromatic nitrogens is 1. The number of halogens is 1. The molecule has 1 aromatic heterocycles. The summed E-state index contributed by atoms with van der Waals surface area (Å²) in [4.78, 5) is 3.35. The Kier molecular flexibility index (Phi) is 2.04. The van der Waals surface area contributed by atoms with Gasteiger partial charge in [-0.05, 0) is 43.0 Å². The number of aromatic amines is 1. The van der Waals surface area contributed by atoms with E-state index in [0.29, 0.717) is 6.42 Å². The normalized spacial score (nSPS) is 20.1. The number of nitrogens with one attached hydrogen (secondary N) is 1. The van der Waals surface area contributed by atoms with Crippen molar-refractivity contribution >= 4 is 10.9 Å². The monoisotopic (exact) mass is 219 g/mol. The second-order valence-electron chi connectivity index (χ2n) is 4.62. The molecule has 16 heavy (non-hydrogen) atoms. The van der Waals surface area contributed by atoms with Crippen molar-refractivity contribution in [2.75, 3.05) is 0 Å². The van der Waals surface area contributed by atoms with Crippen LogP contribution in [0.15, 0.2) is 12.1 Å². The predicted octanol–water partition coefficient (Wildman–Crippen LogP) is 2.47. The number of benzene rings is 1. The molecule has 2 N–H and O–H groups in total. The molecule has 0 bridgehead atoms. The molecular weight excluding hydrogens is 205 g/mol. The van der Waals surface area contributed by atoms with Crippen molar-refractivity contribution in [2.45, 2.75) is 32.3 Å². The molecule has 1 heterocycles. The smallest absolute Gasteiger partial charge is 0.124 e. The van der Waals surface area contributed by atoms with Crippen molar-refractivity contribution in [3.05, 3.63) is 34.8 Å². The average molecular weight is 219 g/mol. The predicted molar refractivity (Wildman–Crippen MR) is 61.0 cm³/mol. The first-order valence-electron chi connectivity index (χ1n) is 5.63. The van der Waals surface area contributed by atoms with Gasteiger partial charge in [0.15, 0.2) is 0 Å². The van der Waals surface area contributed by atoms with Gasteiger partial charge in [0.2, 0.25) is 0 Å². The van der Waals surface area contributed by atoms with Crippen molar-refractivity contribution < 1.29 is 9.50 Å². The number of hydrogen-bond acceptors (Lipinski definition) is 1. The molecule has 1 aromatic carbocycles. The summed E-state index contributed by atoms with van der Waals surface area (Å²) >= 11 is 0. The second-order valence-corrected chi connectivity index (χ2v) is 4.62. The summed E-state index contributed by atoms with van der Waals surface area (Å²) in [7, 11) is 0. The van der Waals surface area contributed by atoms with Crippen molar-refractivity contribution in [1.29, 1.82) is 0 Å². The molecule has 84 valence electrons.